The summed E-state index contributed by atoms with van der Waals surface area (Å²) in [4.78, 5) is 11.8. The molecule has 0 heterocycles. The van der Waals surface area contributed by atoms with Crippen LogP contribution in [0.5, 0.6) is 5.75 Å². The molecule has 2 rings (SSSR count). The summed E-state index contributed by atoms with van der Waals surface area (Å²) in [6, 6.07) is 3.47. The van der Waals surface area contributed by atoms with Crippen molar-refractivity contribution in [1.82, 2.24) is 0 Å². The number of hydrogen-bond donors (Lipinski definition) is 1. The molecule has 0 aliphatic heterocycles. The second kappa shape index (κ2) is 7.14. The van der Waals surface area contributed by atoms with E-state index in [0.29, 0.717) is 28.9 Å². The third-order valence-corrected chi connectivity index (χ3v) is 3.99. The fourth-order valence-electron chi connectivity index (χ4n) is 2.32. The number of aryl methyl sites for hydroxylation is 1. The van der Waals surface area contributed by atoms with E-state index in [-0.39, 0.29) is 6.61 Å². The molecule has 1 N–H and O–H groups in total. The lowest BCUT2D eigenvalue weighted by molar-refractivity contribution is -0.153. The van der Waals surface area contributed by atoms with Crippen molar-refractivity contribution in [3.8, 4) is 5.75 Å². The lowest BCUT2D eigenvalue weighted by Gasteiger charge is -2.26. The number of aliphatic hydroxyl groups excluding tert-OH is 1. The molecule has 1 atom stereocenters. The summed E-state index contributed by atoms with van der Waals surface area (Å²) in [6.45, 7) is 4.32. The van der Waals surface area contributed by atoms with Crippen molar-refractivity contribution in [2.45, 2.75) is 39.2 Å². The monoisotopic (exact) mass is 312 g/mol. The number of esters is 1. The molecule has 116 valence electrons. The maximum absolute atomic E-state index is 11.8. The molecule has 1 saturated carbocycles. The first-order valence-electron chi connectivity index (χ1n) is 7.30. The van der Waals surface area contributed by atoms with Crippen molar-refractivity contribution in [3.05, 3.63) is 28.3 Å². The van der Waals surface area contributed by atoms with Gasteiger partial charge in [-0.3, -0.25) is 0 Å². The van der Waals surface area contributed by atoms with E-state index in [4.69, 9.17) is 21.1 Å². The van der Waals surface area contributed by atoms with Crippen molar-refractivity contribution >= 4 is 17.6 Å². The number of halogens is 1. The second-order valence-electron chi connectivity index (χ2n) is 5.43. The van der Waals surface area contributed by atoms with Gasteiger partial charge in [0.05, 0.1) is 18.2 Å². The number of hydrogen-bond acceptors (Lipinski definition) is 4. The van der Waals surface area contributed by atoms with Crippen LogP contribution in [-0.4, -0.2) is 24.3 Å². The van der Waals surface area contributed by atoms with E-state index in [1.54, 1.807) is 19.1 Å². The third kappa shape index (κ3) is 3.89. The quantitative estimate of drug-likeness (QED) is 0.818. The van der Waals surface area contributed by atoms with Gasteiger partial charge in [0.2, 0.25) is 0 Å². The molecule has 1 fully saturated rings. The minimum atomic E-state index is -1.38. The molecule has 0 amide bonds. The van der Waals surface area contributed by atoms with Gasteiger partial charge in [-0.1, -0.05) is 18.0 Å². The van der Waals surface area contributed by atoms with Crippen molar-refractivity contribution in [3.63, 3.8) is 0 Å². The lowest BCUT2D eigenvalue weighted by Crippen LogP contribution is -2.21. The van der Waals surface area contributed by atoms with Gasteiger partial charge in [0, 0.05) is 5.56 Å². The van der Waals surface area contributed by atoms with Crippen LogP contribution in [0.1, 0.15) is 43.4 Å². The van der Waals surface area contributed by atoms with Gasteiger partial charge < -0.3 is 14.6 Å². The molecule has 0 bridgehead atoms. The first-order chi connectivity index (χ1) is 10.0. The first kappa shape index (κ1) is 16.1. The van der Waals surface area contributed by atoms with Crippen LogP contribution in [0.15, 0.2) is 12.1 Å². The van der Waals surface area contributed by atoms with E-state index < -0.39 is 12.1 Å². The van der Waals surface area contributed by atoms with Crippen LogP contribution in [0.3, 0.4) is 0 Å². The minimum Gasteiger partial charge on any atom is -0.491 e. The van der Waals surface area contributed by atoms with Crippen molar-refractivity contribution in [2.24, 2.45) is 5.92 Å². The zero-order valence-electron chi connectivity index (χ0n) is 12.4. The average molecular weight is 313 g/mol. The molecule has 4 nitrogen and oxygen atoms in total. The molecule has 1 aliphatic rings. The molecule has 21 heavy (non-hydrogen) atoms. The number of benzene rings is 1. The van der Waals surface area contributed by atoms with Gasteiger partial charge in [0.1, 0.15) is 5.75 Å². The van der Waals surface area contributed by atoms with E-state index in [1.807, 2.05) is 6.92 Å². The normalized spacial score (nSPS) is 16.2. The van der Waals surface area contributed by atoms with Gasteiger partial charge >= 0.3 is 5.97 Å². The fourth-order valence-corrected chi connectivity index (χ4v) is 2.66. The van der Waals surface area contributed by atoms with E-state index >= 15 is 0 Å². The molecule has 1 unspecified atom stereocenters. The molecule has 5 heteroatoms. The molecular weight excluding hydrogens is 292 g/mol. The summed E-state index contributed by atoms with van der Waals surface area (Å²) in [5.74, 6) is 0.234. The SMILES string of the molecule is CCOC(=O)C(O)c1cc(C)cc(Cl)c1OCC1CCC1. The van der Waals surface area contributed by atoms with E-state index in [1.165, 1.54) is 6.42 Å². The number of rotatable bonds is 6. The molecule has 1 aromatic carbocycles. The van der Waals surface area contributed by atoms with Crippen LogP contribution < -0.4 is 4.74 Å². The summed E-state index contributed by atoms with van der Waals surface area (Å²) in [5, 5.41) is 10.6. The van der Waals surface area contributed by atoms with Crippen LogP contribution in [0.4, 0.5) is 0 Å². The summed E-state index contributed by atoms with van der Waals surface area (Å²) in [6.07, 6.45) is 2.16. The first-order valence-corrected chi connectivity index (χ1v) is 7.68. The Morgan fingerprint density at radius 1 is 1.48 bits per heavy atom. The average Bonchev–Trinajstić information content (AvgIpc) is 2.38. The largest absolute Gasteiger partial charge is 0.491 e. The van der Waals surface area contributed by atoms with Crippen LogP contribution >= 0.6 is 11.6 Å². The van der Waals surface area contributed by atoms with Gasteiger partial charge in [0.25, 0.3) is 0 Å². The van der Waals surface area contributed by atoms with Gasteiger partial charge in [-0.25, -0.2) is 4.79 Å². The summed E-state index contributed by atoms with van der Waals surface area (Å²) in [7, 11) is 0. The molecule has 0 aromatic heterocycles. The van der Waals surface area contributed by atoms with Crippen molar-refractivity contribution in [1.29, 1.82) is 0 Å². The highest BCUT2D eigenvalue weighted by molar-refractivity contribution is 6.32. The summed E-state index contributed by atoms with van der Waals surface area (Å²) >= 11 is 6.22. The number of carbonyl (C=O) groups is 1. The third-order valence-electron chi connectivity index (χ3n) is 3.71. The maximum atomic E-state index is 11.8. The zero-order chi connectivity index (χ0) is 15.4. The minimum absolute atomic E-state index is 0.216. The summed E-state index contributed by atoms with van der Waals surface area (Å²) < 4.78 is 10.6. The smallest absolute Gasteiger partial charge is 0.339 e. The Labute approximate surface area is 130 Å². The maximum Gasteiger partial charge on any atom is 0.339 e. The Balaban J connectivity index is 2.21. The van der Waals surface area contributed by atoms with Crippen molar-refractivity contribution in [2.75, 3.05) is 13.2 Å². The Morgan fingerprint density at radius 2 is 2.19 bits per heavy atom. The number of carbonyl (C=O) groups excluding carboxylic acids is 1. The number of ether oxygens (including phenoxy) is 2. The topological polar surface area (TPSA) is 55.8 Å². The molecule has 0 saturated heterocycles. The Kier molecular flexibility index (Phi) is 5.48. The zero-order valence-corrected chi connectivity index (χ0v) is 13.2. The summed E-state index contributed by atoms with van der Waals surface area (Å²) in [5.41, 5.74) is 1.23. The predicted octanol–water partition coefficient (Wildman–Crippen LogP) is 3.42. The Morgan fingerprint density at radius 3 is 2.76 bits per heavy atom. The van der Waals surface area contributed by atoms with E-state index in [0.717, 1.165) is 18.4 Å². The van der Waals surface area contributed by atoms with E-state index in [9.17, 15) is 9.90 Å². The molecule has 1 aliphatic carbocycles. The number of aliphatic hydroxyl groups is 1. The highest BCUT2D eigenvalue weighted by Crippen LogP contribution is 2.36. The van der Waals surface area contributed by atoms with Crippen LogP contribution in [0.25, 0.3) is 0 Å². The van der Waals surface area contributed by atoms with Crippen molar-refractivity contribution < 1.29 is 19.4 Å². The standard InChI is InChI=1S/C16H21ClO4/c1-3-20-16(19)14(18)12-7-10(2)8-13(17)15(12)21-9-11-5-4-6-11/h7-8,11,14,18H,3-6,9H2,1-2H3. The molecular formula is C16H21ClO4. The lowest BCUT2D eigenvalue weighted by atomic mass is 9.86. The Bertz CT molecular complexity index is 511. The van der Waals surface area contributed by atoms with Crippen LogP contribution in [-0.2, 0) is 9.53 Å². The van der Waals surface area contributed by atoms with Crippen LogP contribution in [0, 0.1) is 12.8 Å². The van der Waals surface area contributed by atoms with Gasteiger partial charge in [0.15, 0.2) is 6.10 Å². The van der Waals surface area contributed by atoms with Gasteiger partial charge in [-0.05, 0) is 50.3 Å². The van der Waals surface area contributed by atoms with E-state index in [2.05, 4.69) is 0 Å². The fraction of sp³-hybridized carbons (Fsp3) is 0.562. The van der Waals surface area contributed by atoms with Crippen LogP contribution in [0.2, 0.25) is 5.02 Å². The molecule has 1 aromatic rings. The second-order valence-corrected chi connectivity index (χ2v) is 5.83. The molecule has 0 radical (unpaired) electrons. The van der Waals surface area contributed by atoms with Gasteiger partial charge in [-0.15, -0.1) is 0 Å². The highest BCUT2D eigenvalue weighted by Gasteiger charge is 2.26. The molecule has 0 spiro atoms. The highest BCUT2D eigenvalue weighted by atomic mass is 35.5. The Hall–Kier alpha value is -1.26. The predicted molar refractivity (Wildman–Crippen MR) is 80.6 cm³/mol. The van der Waals surface area contributed by atoms with Gasteiger partial charge in [-0.2, -0.15) is 0 Å².